The minimum atomic E-state index is -1.60. The third-order valence-electron chi connectivity index (χ3n) is 8.67. The molecule has 18 N–H and O–H groups in total. The number of hydrogen-bond donors (Lipinski definition) is 13. The predicted molar refractivity (Wildman–Crippen MR) is 152 cm³/mol. The van der Waals surface area contributed by atoms with Crippen molar-refractivity contribution < 1.29 is 64.2 Å². The lowest BCUT2D eigenvalue weighted by Crippen LogP contribution is -2.67. The fourth-order valence-electron chi connectivity index (χ4n) is 5.99. The van der Waals surface area contributed by atoms with Gasteiger partial charge in [0.1, 0.15) is 54.6 Å². The quantitative estimate of drug-likeness (QED) is 0.0876. The number of aliphatic hydroxyl groups excluding tert-OH is 7. The lowest BCUT2D eigenvalue weighted by Gasteiger charge is -2.46. The van der Waals surface area contributed by atoms with Gasteiger partial charge in [0.2, 0.25) is 6.29 Å². The van der Waals surface area contributed by atoms with Crippen LogP contribution in [0.2, 0.25) is 0 Å². The molecule has 2 saturated heterocycles. The molecule has 3 fully saturated rings. The van der Waals surface area contributed by atoms with Gasteiger partial charge >= 0.3 is 0 Å². The zero-order valence-electron chi connectivity index (χ0n) is 24.8. The largest absolute Gasteiger partial charge is 0.467 e. The van der Waals surface area contributed by atoms with E-state index in [0.717, 1.165) is 0 Å². The molecule has 0 spiro atoms. The maximum Gasteiger partial charge on any atom is 0.215 e. The molecule has 262 valence electrons. The van der Waals surface area contributed by atoms with Crippen LogP contribution >= 0.6 is 0 Å². The van der Waals surface area contributed by atoms with Crippen molar-refractivity contribution in [2.75, 3.05) is 32.9 Å². The second-order valence-corrected chi connectivity index (χ2v) is 11.8. The van der Waals surface area contributed by atoms with Gasteiger partial charge in [0.05, 0.1) is 50.6 Å². The molecule has 0 amide bonds. The van der Waals surface area contributed by atoms with Crippen LogP contribution in [0.4, 0.5) is 0 Å². The van der Waals surface area contributed by atoms with Crippen molar-refractivity contribution in [2.45, 2.75) is 117 Å². The van der Waals surface area contributed by atoms with E-state index in [1.54, 1.807) is 6.08 Å². The van der Waals surface area contributed by atoms with E-state index >= 15 is 0 Å². The molecule has 4 aliphatic rings. The first-order valence-corrected chi connectivity index (χ1v) is 15.1. The third kappa shape index (κ3) is 8.11. The lowest BCUT2D eigenvalue weighted by atomic mass is 9.83. The van der Waals surface area contributed by atoms with Crippen molar-refractivity contribution >= 4 is 0 Å². The highest BCUT2D eigenvalue weighted by Crippen LogP contribution is 2.34. The molecule has 1 saturated carbocycles. The van der Waals surface area contributed by atoms with Crippen molar-refractivity contribution in [3.63, 3.8) is 0 Å². The number of nitrogens with one attached hydrogen (secondary N) is 1. The van der Waals surface area contributed by atoms with E-state index in [1.807, 2.05) is 0 Å². The van der Waals surface area contributed by atoms with Crippen LogP contribution in [0.1, 0.15) is 12.8 Å². The summed E-state index contributed by atoms with van der Waals surface area (Å²) in [5, 5.41) is 75.5. The molecule has 16 atom stereocenters. The molecule has 3 aliphatic heterocycles. The van der Waals surface area contributed by atoms with E-state index in [0.29, 0.717) is 12.2 Å². The standard InChI is InChI=1S/C26H50N6O13/c27-4-10-1-2-11(29)24(40-10)43-21-12(30)3-13(32-9(6-33)7-34)17(36)23(21)45-26-20(39)22(15(8-35)42-26)44-25-16(31)19(38)18(37)14(5-28)41-25/h1,9,11-26,32-39H,2-8,27-31H2/t11-,12+,13-,14+,15-,16-,17+,18-,19-,20-,21-,22-,23-,24-,25-,26+/m1/s1. The molecule has 0 radical (unpaired) electrons. The van der Waals surface area contributed by atoms with Crippen LogP contribution in [0.25, 0.3) is 0 Å². The molecular formula is C26H50N6O13. The molecule has 0 aromatic heterocycles. The highest BCUT2D eigenvalue weighted by Gasteiger charge is 2.54. The number of ether oxygens (including phenoxy) is 6. The van der Waals surface area contributed by atoms with Gasteiger partial charge in [0, 0.05) is 18.6 Å². The molecule has 0 unspecified atom stereocenters. The van der Waals surface area contributed by atoms with Crippen molar-refractivity contribution in [1.29, 1.82) is 0 Å². The number of hydrogen-bond acceptors (Lipinski definition) is 19. The Morgan fingerprint density at radius 2 is 1.42 bits per heavy atom. The molecule has 19 nitrogen and oxygen atoms in total. The van der Waals surface area contributed by atoms with Gasteiger partial charge in [-0.2, -0.15) is 0 Å². The molecular weight excluding hydrogens is 604 g/mol. The number of nitrogens with two attached hydrogens (primary N) is 5. The van der Waals surface area contributed by atoms with Crippen LogP contribution in [0.5, 0.6) is 0 Å². The summed E-state index contributed by atoms with van der Waals surface area (Å²) < 4.78 is 35.4. The third-order valence-corrected chi connectivity index (χ3v) is 8.67. The fourth-order valence-corrected chi connectivity index (χ4v) is 5.99. The Morgan fingerprint density at radius 1 is 0.778 bits per heavy atom. The minimum Gasteiger partial charge on any atom is -0.467 e. The fraction of sp³-hybridized carbons (Fsp3) is 0.923. The summed E-state index contributed by atoms with van der Waals surface area (Å²) in [4.78, 5) is 0. The van der Waals surface area contributed by atoms with Crippen LogP contribution in [0.15, 0.2) is 11.8 Å². The molecule has 45 heavy (non-hydrogen) atoms. The van der Waals surface area contributed by atoms with E-state index in [-0.39, 0.29) is 19.5 Å². The van der Waals surface area contributed by atoms with Gasteiger partial charge in [-0.25, -0.2) is 0 Å². The van der Waals surface area contributed by atoms with Crippen LogP contribution in [-0.4, -0.2) is 173 Å². The maximum atomic E-state index is 11.5. The summed E-state index contributed by atoms with van der Waals surface area (Å²) >= 11 is 0. The summed E-state index contributed by atoms with van der Waals surface area (Å²) in [5.74, 6) is 0.454. The molecule has 19 heteroatoms. The highest BCUT2D eigenvalue weighted by molar-refractivity contribution is 5.05. The molecule has 0 aromatic carbocycles. The van der Waals surface area contributed by atoms with Gasteiger partial charge in [0.15, 0.2) is 12.6 Å². The Morgan fingerprint density at radius 3 is 2.04 bits per heavy atom. The monoisotopic (exact) mass is 654 g/mol. The first kappa shape index (κ1) is 36.7. The number of aliphatic hydroxyl groups is 7. The van der Waals surface area contributed by atoms with E-state index in [1.165, 1.54) is 0 Å². The molecule has 0 aromatic rings. The van der Waals surface area contributed by atoms with Crippen LogP contribution in [-0.2, 0) is 28.4 Å². The summed E-state index contributed by atoms with van der Waals surface area (Å²) in [6.07, 6.45) is -13.3. The Hall–Kier alpha value is -1.18. The van der Waals surface area contributed by atoms with Crippen LogP contribution in [0, 0.1) is 0 Å². The predicted octanol–water partition coefficient (Wildman–Crippen LogP) is -7.73. The van der Waals surface area contributed by atoms with Crippen LogP contribution in [0.3, 0.4) is 0 Å². The topological polar surface area (TPSA) is 339 Å². The molecule has 0 bridgehead atoms. The van der Waals surface area contributed by atoms with Gasteiger partial charge < -0.3 is 98.2 Å². The summed E-state index contributed by atoms with van der Waals surface area (Å²) in [5.41, 5.74) is 30.1. The summed E-state index contributed by atoms with van der Waals surface area (Å²) in [6.45, 7) is -1.56. The van der Waals surface area contributed by atoms with Gasteiger partial charge in [-0.3, -0.25) is 0 Å². The lowest BCUT2D eigenvalue weighted by molar-refractivity contribution is -0.282. The van der Waals surface area contributed by atoms with Crippen molar-refractivity contribution in [1.82, 2.24) is 5.32 Å². The average Bonchev–Trinajstić information content (AvgIpc) is 3.33. The molecule has 3 heterocycles. The Labute approximate surface area is 260 Å². The Kier molecular flexibility index (Phi) is 13.3. The van der Waals surface area contributed by atoms with Crippen molar-refractivity contribution in [2.24, 2.45) is 28.7 Å². The van der Waals surface area contributed by atoms with Crippen molar-refractivity contribution in [3.05, 3.63) is 11.8 Å². The zero-order valence-corrected chi connectivity index (χ0v) is 24.8. The second kappa shape index (κ2) is 16.3. The van der Waals surface area contributed by atoms with Gasteiger partial charge in [-0.05, 0) is 18.9 Å². The van der Waals surface area contributed by atoms with Gasteiger partial charge in [0.25, 0.3) is 0 Å². The average molecular weight is 655 g/mol. The first-order valence-electron chi connectivity index (χ1n) is 15.1. The summed E-state index contributed by atoms with van der Waals surface area (Å²) in [7, 11) is 0. The van der Waals surface area contributed by atoms with E-state index < -0.39 is 124 Å². The Bertz CT molecular complexity index is 953. The summed E-state index contributed by atoms with van der Waals surface area (Å²) in [6, 6.07) is -4.24. The van der Waals surface area contributed by atoms with E-state index in [4.69, 9.17) is 57.1 Å². The minimum absolute atomic E-state index is 0.101. The molecule has 4 rings (SSSR count). The number of rotatable bonds is 13. The first-order chi connectivity index (χ1) is 21.5. The zero-order chi connectivity index (χ0) is 33.0. The SMILES string of the molecule is NCC1=CC[C@@H](N)[C@@H](O[C@H]2[C@H](O[C@@H]3O[C@H](CO)[C@@H](O[C@H]4O[C@@H](CN)[C@@H](O)[C@H](O)[C@H]4N)[C@H]3O)[C@@H](O)[C@H](NC(CO)CO)C[C@@H]2N)O1. The van der Waals surface area contributed by atoms with Crippen molar-refractivity contribution in [3.8, 4) is 0 Å². The van der Waals surface area contributed by atoms with Gasteiger partial charge in [-0.1, -0.05) is 0 Å². The smallest absolute Gasteiger partial charge is 0.215 e. The van der Waals surface area contributed by atoms with E-state index in [2.05, 4.69) is 5.32 Å². The molecule has 1 aliphatic carbocycles. The van der Waals surface area contributed by atoms with Gasteiger partial charge in [-0.15, -0.1) is 0 Å². The normalized spacial score (nSPS) is 45.8. The highest BCUT2D eigenvalue weighted by atomic mass is 16.8. The Balaban J connectivity index is 1.54. The van der Waals surface area contributed by atoms with Crippen LogP contribution < -0.4 is 34.0 Å². The van der Waals surface area contributed by atoms with E-state index in [9.17, 15) is 35.7 Å². The maximum absolute atomic E-state index is 11.5. The second-order valence-electron chi connectivity index (χ2n) is 11.8.